The lowest BCUT2D eigenvalue weighted by atomic mass is 9.97. The molecule has 0 spiro atoms. The van der Waals surface area contributed by atoms with Crippen LogP contribution in [0.3, 0.4) is 0 Å². The second-order valence-corrected chi connectivity index (χ2v) is 6.14. The van der Waals surface area contributed by atoms with E-state index < -0.39 is 5.97 Å². The monoisotopic (exact) mass is 343 g/mol. The van der Waals surface area contributed by atoms with Gasteiger partial charge in [-0.05, 0) is 49.6 Å². The standard InChI is InChI=1S/C15H19BrFNO2/c16-14-6-4-12(17)9-11(14)10-18-8-2-1-3-13(18)5-7-15(19)20/h4,6,9,13H,1-3,5,7-8,10H2,(H,19,20). The van der Waals surface area contributed by atoms with E-state index in [4.69, 9.17) is 5.11 Å². The molecule has 1 fully saturated rings. The van der Waals surface area contributed by atoms with E-state index in [1.165, 1.54) is 6.07 Å². The molecule has 1 saturated heterocycles. The molecular weight excluding hydrogens is 325 g/mol. The van der Waals surface area contributed by atoms with Gasteiger partial charge in [-0.1, -0.05) is 22.4 Å². The second kappa shape index (κ2) is 7.18. The van der Waals surface area contributed by atoms with Crippen LogP contribution in [0.15, 0.2) is 22.7 Å². The molecular formula is C15H19BrFNO2. The number of carbonyl (C=O) groups is 1. The highest BCUT2D eigenvalue weighted by Gasteiger charge is 2.23. The van der Waals surface area contributed by atoms with Crippen molar-refractivity contribution in [2.45, 2.75) is 44.7 Å². The van der Waals surface area contributed by atoms with Gasteiger partial charge >= 0.3 is 5.97 Å². The normalized spacial score (nSPS) is 20.0. The molecule has 1 aliphatic heterocycles. The number of likely N-dealkylation sites (tertiary alicyclic amines) is 1. The third kappa shape index (κ3) is 4.28. The summed E-state index contributed by atoms with van der Waals surface area (Å²) in [5.41, 5.74) is 0.923. The van der Waals surface area contributed by atoms with Gasteiger partial charge in [-0.3, -0.25) is 9.69 Å². The van der Waals surface area contributed by atoms with Crippen LogP contribution < -0.4 is 0 Å². The highest BCUT2D eigenvalue weighted by molar-refractivity contribution is 9.10. The average Bonchev–Trinajstić information content (AvgIpc) is 2.42. The maximum absolute atomic E-state index is 13.3. The molecule has 5 heteroatoms. The molecule has 2 rings (SSSR count). The zero-order valence-corrected chi connectivity index (χ0v) is 12.9. The lowest BCUT2D eigenvalue weighted by molar-refractivity contribution is -0.137. The van der Waals surface area contributed by atoms with Crippen molar-refractivity contribution in [1.82, 2.24) is 4.90 Å². The van der Waals surface area contributed by atoms with Gasteiger partial charge in [0.15, 0.2) is 0 Å². The molecule has 0 saturated carbocycles. The Bertz CT molecular complexity index is 481. The van der Waals surface area contributed by atoms with Crippen LogP contribution >= 0.6 is 15.9 Å². The Labute approximate surface area is 126 Å². The summed E-state index contributed by atoms with van der Waals surface area (Å²) in [6.45, 7) is 1.62. The predicted octanol–water partition coefficient (Wildman–Crippen LogP) is 3.81. The second-order valence-electron chi connectivity index (χ2n) is 5.29. The summed E-state index contributed by atoms with van der Waals surface area (Å²) in [5, 5.41) is 8.83. The Morgan fingerprint density at radius 1 is 1.45 bits per heavy atom. The number of hydrogen-bond donors (Lipinski definition) is 1. The number of benzene rings is 1. The number of piperidine rings is 1. The Morgan fingerprint density at radius 3 is 3.00 bits per heavy atom. The number of aliphatic carboxylic acids is 1. The quantitative estimate of drug-likeness (QED) is 0.883. The average molecular weight is 344 g/mol. The summed E-state index contributed by atoms with van der Waals surface area (Å²) in [7, 11) is 0. The number of carboxylic acids is 1. The van der Waals surface area contributed by atoms with Gasteiger partial charge in [0.05, 0.1) is 0 Å². The van der Waals surface area contributed by atoms with Crippen molar-refractivity contribution in [3.05, 3.63) is 34.1 Å². The maximum Gasteiger partial charge on any atom is 0.303 e. The van der Waals surface area contributed by atoms with Gasteiger partial charge in [-0.15, -0.1) is 0 Å². The fraction of sp³-hybridized carbons (Fsp3) is 0.533. The van der Waals surface area contributed by atoms with Gasteiger partial charge in [0, 0.05) is 23.5 Å². The summed E-state index contributed by atoms with van der Waals surface area (Å²) >= 11 is 3.45. The van der Waals surface area contributed by atoms with Crippen LogP contribution in [0.25, 0.3) is 0 Å². The van der Waals surface area contributed by atoms with Crippen LogP contribution in [0.5, 0.6) is 0 Å². The molecule has 1 N–H and O–H groups in total. The van der Waals surface area contributed by atoms with Gasteiger partial charge in [-0.2, -0.15) is 0 Å². The number of carboxylic acid groups (broad SMARTS) is 1. The highest BCUT2D eigenvalue weighted by Crippen LogP contribution is 2.26. The van der Waals surface area contributed by atoms with Gasteiger partial charge in [0.2, 0.25) is 0 Å². The first kappa shape index (κ1) is 15.4. The van der Waals surface area contributed by atoms with Crippen molar-refractivity contribution in [3.8, 4) is 0 Å². The van der Waals surface area contributed by atoms with Crippen LogP contribution in [0.1, 0.15) is 37.7 Å². The molecule has 1 atom stereocenters. The first-order chi connectivity index (χ1) is 9.56. The Kier molecular flexibility index (Phi) is 5.54. The van der Waals surface area contributed by atoms with Gasteiger partial charge < -0.3 is 5.11 Å². The van der Waals surface area contributed by atoms with E-state index in [1.54, 1.807) is 12.1 Å². The lowest BCUT2D eigenvalue weighted by Crippen LogP contribution is -2.39. The first-order valence-corrected chi connectivity index (χ1v) is 7.75. The van der Waals surface area contributed by atoms with E-state index in [0.717, 1.165) is 35.8 Å². The zero-order valence-electron chi connectivity index (χ0n) is 11.3. The van der Waals surface area contributed by atoms with Gasteiger partial charge in [-0.25, -0.2) is 4.39 Å². The molecule has 1 aliphatic rings. The molecule has 3 nitrogen and oxygen atoms in total. The van der Waals surface area contributed by atoms with Crippen molar-refractivity contribution in [1.29, 1.82) is 0 Å². The van der Waals surface area contributed by atoms with E-state index in [1.807, 2.05) is 0 Å². The third-order valence-corrected chi connectivity index (χ3v) is 4.60. The maximum atomic E-state index is 13.3. The minimum absolute atomic E-state index is 0.200. The molecule has 1 unspecified atom stereocenters. The van der Waals surface area contributed by atoms with E-state index >= 15 is 0 Å². The third-order valence-electron chi connectivity index (χ3n) is 3.82. The first-order valence-electron chi connectivity index (χ1n) is 6.96. The SMILES string of the molecule is O=C(O)CCC1CCCCN1Cc1cc(F)ccc1Br. The molecule has 20 heavy (non-hydrogen) atoms. The van der Waals surface area contributed by atoms with Crippen LogP contribution in [-0.2, 0) is 11.3 Å². The molecule has 1 aromatic rings. The lowest BCUT2D eigenvalue weighted by Gasteiger charge is -2.35. The van der Waals surface area contributed by atoms with Crippen molar-refractivity contribution >= 4 is 21.9 Å². The summed E-state index contributed by atoms with van der Waals surface area (Å²) < 4.78 is 14.2. The molecule has 0 amide bonds. The number of rotatable bonds is 5. The van der Waals surface area contributed by atoms with E-state index in [-0.39, 0.29) is 18.3 Å². The van der Waals surface area contributed by atoms with Crippen molar-refractivity contribution < 1.29 is 14.3 Å². The predicted molar refractivity (Wildman–Crippen MR) is 79.0 cm³/mol. The molecule has 0 bridgehead atoms. The van der Waals surface area contributed by atoms with Crippen LogP contribution in [0.4, 0.5) is 4.39 Å². The van der Waals surface area contributed by atoms with Gasteiger partial charge in [0.25, 0.3) is 0 Å². The number of hydrogen-bond acceptors (Lipinski definition) is 2. The van der Waals surface area contributed by atoms with Crippen molar-refractivity contribution in [3.63, 3.8) is 0 Å². The largest absolute Gasteiger partial charge is 0.481 e. The number of nitrogens with zero attached hydrogens (tertiary/aromatic N) is 1. The van der Waals surface area contributed by atoms with Crippen LogP contribution in [-0.4, -0.2) is 28.6 Å². The molecule has 1 aromatic carbocycles. The zero-order chi connectivity index (χ0) is 14.5. The van der Waals surface area contributed by atoms with E-state index in [2.05, 4.69) is 20.8 Å². The smallest absolute Gasteiger partial charge is 0.303 e. The molecule has 0 radical (unpaired) electrons. The van der Waals surface area contributed by atoms with Crippen LogP contribution in [0.2, 0.25) is 0 Å². The molecule has 1 heterocycles. The Balaban J connectivity index is 2.04. The topological polar surface area (TPSA) is 40.5 Å². The fourth-order valence-corrected chi connectivity index (χ4v) is 3.14. The minimum atomic E-state index is -0.748. The van der Waals surface area contributed by atoms with Gasteiger partial charge in [0.1, 0.15) is 5.82 Å². The van der Waals surface area contributed by atoms with Crippen molar-refractivity contribution in [2.75, 3.05) is 6.54 Å². The summed E-state index contributed by atoms with van der Waals surface area (Å²) in [6.07, 6.45) is 4.16. The van der Waals surface area contributed by atoms with E-state index in [0.29, 0.717) is 13.0 Å². The van der Waals surface area contributed by atoms with Crippen LogP contribution in [0, 0.1) is 5.82 Å². The summed E-state index contributed by atoms with van der Waals surface area (Å²) in [4.78, 5) is 13.0. The highest BCUT2D eigenvalue weighted by atomic mass is 79.9. The number of halogens is 2. The molecule has 0 aliphatic carbocycles. The Morgan fingerprint density at radius 2 is 2.25 bits per heavy atom. The Hall–Kier alpha value is -0.940. The fourth-order valence-electron chi connectivity index (χ4n) is 2.77. The van der Waals surface area contributed by atoms with Crippen molar-refractivity contribution in [2.24, 2.45) is 0 Å². The van der Waals surface area contributed by atoms with E-state index in [9.17, 15) is 9.18 Å². The molecule has 0 aromatic heterocycles. The summed E-state index contributed by atoms with van der Waals surface area (Å²) in [6, 6.07) is 4.99. The summed E-state index contributed by atoms with van der Waals surface area (Å²) in [5.74, 6) is -0.982. The minimum Gasteiger partial charge on any atom is -0.481 e. The molecule has 110 valence electrons.